The van der Waals surface area contributed by atoms with Crippen LogP contribution in [0.1, 0.15) is 30.0 Å². The number of carbonyl (C=O) groups is 2. The van der Waals surface area contributed by atoms with Gasteiger partial charge in [0.1, 0.15) is 0 Å². The number of nitrogens with zero attached hydrogens (tertiary/aromatic N) is 2. The van der Waals surface area contributed by atoms with Crippen LogP contribution in [0.3, 0.4) is 0 Å². The standard InChI is InChI=1S/C18H24N2O3/c1-13-3-5-14(6-4-13)17-15(7-8-16(21)19(17)2)18(22)20-9-11-23-12-10-20/h3-6,15,17H,7-12H2,1-2H3/t15-,17+/m0/s1. The van der Waals surface area contributed by atoms with Crippen LogP contribution >= 0.6 is 0 Å². The van der Waals surface area contributed by atoms with Crippen molar-refractivity contribution in [1.82, 2.24) is 9.80 Å². The average Bonchev–Trinajstić information content (AvgIpc) is 2.58. The number of rotatable bonds is 2. The number of benzene rings is 1. The van der Waals surface area contributed by atoms with Crippen LogP contribution < -0.4 is 0 Å². The molecule has 5 nitrogen and oxygen atoms in total. The maximum Gasteiger partial charge on any atom is 0.228 e. The summed E-state index contributed by atoms with van der Waals surface area (Å²) in [5.74, 6) is 0.0957. The van der Waals surface area contributed by atoms with Crippen molar-refractivity contribution < 1.29 is 14.3 Å². The zero-order valence-electron chi connectivity index (χ0n) is 13.8. The first-order valence-corrected chi connectivity index (χ1v) is 8.26. The second-order valence-electron chi connectivity index (χ2n) is 6.44. The molecule has 0 saturated carbocycles. The number of aryl methyl sites for hydroxylation is 1. The van der Waals surface area contributed by atoms with E-state index in [9.17, 15) is 9.59 Å². The molecule has 124 valence electrons. The minimum absolute atomic E-state index is 0.113. The van der Waals surface area contributed by atoms with Gasteiger partial charge in [-0.15, -0.1) is 0 Å². The van der Waals surface area contributed by atoms with Crippen LogP contribution in [0.2, 0.25) is 0 Å². The van der Waals surface area contributed by atoms with Crippen molar-refractivity contribution in [2.75, 3.05) is 33.4 Å². The second-order valence-corrected chi connectivity index (χ2v) is 6.44. The van der Waals surface area contributed by atoms with E-state index in [2.05, 4.69) is 0 Å². The Morgan fingerprint density at radius 2 is 1.83 bits per heavy atom. The minimum Gasteiger partial charge on any atom is -0.378 e. The molecule has 23 heavy (non-hydrogen) atoms. The van der Waals surface area contributed by atoms with Crippen molar-refractivity contribution in [3.63, 3.8) is 0 Å². The van der Waals surface area contributed by atoms with Crippen LogP contribution in [0.25, 0.3) is 0 Å². The first-order valence-electron chi connectivity index (χ1n) is 8.26. The van der Waals surface area contributed by atoms with Crippen LogP contribution in [0.5, 0.6) is 0 Å². The van der Waals surface area contributed by atoms with Crippen LogP contribution in [-0.2, 0) is 14.3 Å². The van der Waals surface area contributed by atoms with Gasteiger partial charge < -0.3 is 14.5 Å². The highest BCUT2D eigenvalue weighted by Gasteiger charge is 2.40. The molecule has 3 rings (SSSR count). The van der Waals surface area contributed by atoms with E-state index in [-0.39, 0.29) is 23.8 Å². The monoisotopic (exact) mass is 316 g/mol. The number of ether oxygens (including phenoxy) is 1. The summed E-state index contributed by atoms with van der Waals surface area (Å²) in [5.41, 5.74) is 2.22. The fourth-order valence-electron chi connectivity index (χ4n) is 3.53. The largest absolute Gasteiger partial charge is 0.378 e. The molecule has 0 radical (unpaired) electrons. The Kier molecular flexibility index (Phi) is 4.66. The van der Waals surface area contributed by atoms with Gasteiger partial charge in [-0.3, -0.25) is 9.59 Å². The molecule has 0 bridgehead atoms. The third kappa shape index (κ3) is 3.24. The molecule has 2 heterocycles. The maximum atomic E-state index is 13.0. The van der Waals surface area contributed by atoms with E-state index in [0.29, 0.717) is 39.1 Å². The van der Waals surface area contributed by atoms with Gasteiger partial charge in [-0.05, 0) is 18.9 Å². The molecule has 2 aliphatic rings. The maximum absolute atomic E-state index is 13.0. The van der Waals surface area contributed by atoms with Gasteiger partial charge in [0.15, 0.2) is 0 Å². The number of amides is 2. The molecule has 2 fully saturated rings. The van der Waals surface area contributed by atoms with Crippen LogP contribution in [0.15, 0.2) is 24.3 Å². The average molecular weight is 316 g/mol. The summed E-state index contributed by atoms with van der Waals surface area (Å²) >= 11 is 0. The third-order valence-corrected chi connectivity index (χ3v) is 4.92. The molecule has 1 aromatic rings. The molecular formula is C18H24N2O3. The second kappa shape index (κ2) is 6.71. The molecular weight excluding hydrogens is 292 g/mol. The first-order chi connectivity index (χ1) is 11.1. The number of piperidine rings is 1. The summed E-state index contributed by atoms with van der Waals surface area (Å²) in [5, 5.41) is 0. The van der Waals surface area contributed by atoms with Gasteiger partial charge in [0.25, 0.3) is 0 Å². The van der Waals surface area contributed by atoms with Gasteiger partial charge in [0.05, 0.1) is 25.2 Å². The highest BCUT2D eigenvalue weighted by atomic mass is 16.5. The van der Waals surface area contributed by atoms with Gasteiger partial charge in [0, 0.05) is 26.6 Å². The van der Waals surface area contributed by atoms with Crippen molar-refractivity contribution in [3.8, 4) is 0 Å². The summed E-state index contributed by atoms with van der Waals surface area (Å²) < 4.78 is 5.34. The first kappa shape index (κ1) is 16.0. The molecule has 0 spiro atoms. The molecule has 2 amide bonds. The van der Waals surface area contributed by atoms with E-state index in [0.717, 1.165) is 5.56 Å². The highest BCUT2D eigenvalue weighted by Crippen LogP contribution is 2.37. The lowest BCUT2D eigenvalue weighted by Gasteiger charge is -2.41. The predicted octanol–water partition coefficient (Wildman–Crippen LogP) is 1.76. The van der Waals surface area contributed by atoms with E-state index < -0.39 is 0 Å². The van der Waals surface area contributed by atoms with E-state index >= 15 is 0 Å². The molecule has 0 N–H and O–H groups in total. The fraction of sp³-hybridized carbons (Fsp3) is 0.556. The summed E-state index contributed by atoms with van der Waals surface area (Å²) in [6.45, 7) is 4.53. The zero-order chi connectivity index (χ0) is 16.4. The Morgan fingerprint density at radius 3 is 2.48 bits per heavy atom. The predicted molar refractivity (Wildman–Crippen MR) is 86.8 cm³/mol. The number of hydrogen-bond acceptors (Lipinski definition) is 3. The SMILES string of the molecule is Cc1ccc([C@@H]2[C@@H](C(=O)N3CCOCC3)CCC(=O)N2C)cc1. The lowest BCUT2D eigenvalue weighted by molar-refractivity contribution is -0.149. The lowest BCUT2D eigenvalue weighted by Crippen LogP contribution is -2.50. The van der Waals surface area contributed by atoms with Crippen LogP contribution in [-0.4, -0.2) is 55.0 Å². The smallest absolute Gasteiger partial charge is 0.228 e. The Hall–Kier alpha value is -1.88. The van der Waals surface area contributed by atoms with Crippen LogP contribution in [0.4, 0.5) is 0 Å². The Balaban J connectivity index is 1.87. The van der Waals surface area contributed by atoms with E-state index in [4.69, 9.17) is 4.74 Å². The van der Waals surface area contributed by atoms with E-state index in [1.165, 1.54) is 5.56 Å². The Bertz CT molecular complexity index is 578. The van der Waals surface area contributed by atoms with Crippen molar-refractivity contribution in [1.29, 1.82) is 0 Å². The molecule has 0 aromatic heterocycles. The molecule has 2 aliphatic heterocycles. The molecule has 2 saturated heterocycles. The molecule has 5 heteroatoms. The van der Waals surface area contributed by atoms with Crippen molar-refractivity contribution >= 4 is 11.8 Å². The summed E-state index contributed by atoms with van der Waals surface area (Å²) in [7, 11) is 1.81. The normalized spacial score (nSPS) is 25.6. The third-order valence-electron chi connectivity index (χ3n) is 4.92. The number of carbonyl (C=O) groups excluding carboxylic acids is 2. The summed E-state index contributed by atoms with van der Waals surface area (Å²) in [6.07, 6.45) is 1.07. The molecule has 0 unspecified atom stereocenters. The topological polar surface area (TPSA) is 49.9 Å². The summed E-state index contributed by atoms with van der Waals surface area (Å²) in [4.78, 5) is 28.8. The zero-order valence-corrected chi connectivity index (χ0v) is 13.8. The summed E-state index contributed by atoms with van der Waals surface area (Å²) in [6, 6.07) is 7.98. The van der Waals surface area contributed by atoms with Gasteiger partial charge in [-0.2, -0.15) is 0 Å². The molecule has 1 aromatic carbocycles. The quantitative estimate of drug-likeness (QED) is 0.835. The van der Waals surface area contributed by atoms with Crippen molar-refractivity contribution in [3.05, 3.63) is 35.4 Å². The van der Waals surface area contributed by atoms with E-state index in [1.807, 2.05) is 43.1 Å². The molecule has 2 atom stereocenters. The van der Waals surface area contributed by atoms with E-state index in [1.54, 1.807) is 4.90 Å². The number of hydrogen-bond donors (Lipinski definition) is 0. The molecule has 0 aliphatic carbocycles. The van der Waals surface area contributed by atoms with Gasteiger partial charge in [0.2, 0.25) is 11.8 Å². The van der Waals surface area contributed by atoms with Crippen molar-refractivity contribution in [2.45, 2.75) is 25.8 Å². The number of likely N-dealkylation sites (tertiary alicyclic amines) is 1. The number of morpholine rings is 1. The lowest BCUT2D eigenvalue weighted by atomic mass is 9.83. The Morgan fingerprint density at radius 1 is 1.17 bits per heavy atom. The Labute approximate surface area is 137 Å². The highest BCUT2D eigenvalue weighted by molar-refractivity contribution is 5.85. The van der Waals surface area contributed by atoms with Gasteiger partial charge in [-0.1, -0.05) is 29.8 Å². The fourth-order valence-corrected chi connectivity index (χ4v) is 3.53. The van der Waals surface area contributed by atoms with Crippen molar-refractivity contribution in [2.24, 2.45) is 5.92 Å². The van der Waals surface area contributed by atoms with Gasteiger partial charge in [-0.25, -0.2) is 0 Å². The van der Waals surface area contributed by atoms with Crippen LogP contribution in [0, 0.1) is 12.8 Å². The minimum atomic E-state index is -0.174. The van der Waals surface area contributed by atoms with Gasteiger partial charge >= 0.3 is 0 Å².